The van der Waals surface area contributed by atoms with Gasteiger partial charge in [-0.15, -0.1) is 0 Å². The number of carbonyl (C=O) groups excluding carboxylic acids is 2. The highest BCUT2D eigenvalue weighted by Gasteiger charge is 2.31. The number of esters is 1. The Labute approximate surface area is 71.3 Å². The first kappa shape index (κ1) is 9.03. The number of nitrogens with one attached hydrogen (secondary N) is 1. The maximum absolute atomic E-state index is 11.1. The summed E-state index contributed by atoms with van der Waals surface area (Å²) in [5.41, 5.74) is 0. The van der Waals surface area contributed by atoms with E-state index in [1.54, 1.807) is 0 Å². The second-order valence-electron chi connectivity index (χ2n) is 3.04. The summed E-state index contributed by atoms with van der Waals surface area (Å²) in [7, 11) is 0. The van der Waals surface area contributed by atoms with Crippen LogP contribution in [0.1, 0.15) is 20.3 Å². The lowest BCUT2D eigenvalue weighted by Gasteiger charge is -2.26. The van der Waals surface area contributed by atoms with Gasteiger partial charge in [-0.05, 0) is 5.92 Å². The lowest BCUT2D eigenvalue weighted by atomic mass is 9.98. The van der Waals surface area contributed by atoms with Gasteiger partial charge in [-0.1, -0.05) is 20.3 Å². The van der Waals surface area contributed by atoms with Gasteiger partial charge in [0.15, 0.2) is 6.61 Å². The predicted octanol–water partition coefficient (Wildman–Crippen LogP) is 0.0741. The Balaban J connectivity index is 2.60. The SMILES string of the molecule is CC[C@H](C)C1NC(=O)COC1=O. The van der Waals surface area contributed by atoms with Crippen LogP contribution in [-0.4, -0.2) is 24.5 Å². The van der Waals surface area contributed by atoms with Crippen LogP contribution in [0.4, 0.5) is 0 Å². The molecule has 68 valence electrons. The fourth-order valence-electron chi connectivity index (χ4n) is 1.11. The molecule has 1 fully saturated rings. The van der Waals surface area contributed by atoms with E-state index in [1.807, 2.05) is 13.8 Å². The summed E-state index contributed by atoms with van der Waals surface area (Å²) in [6, 6.07) is -0.448. The first-order chi connectivity index (χ1) is 5.65. The highest BCUT2D eigenvalue weighted by atomic mass is 16.5. The number of hydrogen-bond acceptors (Lipinski definition) is 3. The van der Waals surface area contributed by atoms with Gasteiger partial charge in [0.2, 0.25) is 0 Å². The second kappa shape index (κ2) is 3.56. The average Bonchev–Trinajstić information content (AvgIpc) is 2.08. The molecule has 1 aliphatic rings. The van der Waals surface area contributed by atoms with Crippen LogP contribution in [0, 0.1) is 5.92 Å². The van der Waals surface area contributed by atoms with E-state index >= 15 is 0 Å². The van der Waals surface area contributed by atoms with Crippen molar-refractivity contribution in [2.24, 2.45) is 5.92 Å². The van der Waals surface area contributed by atoms with Gasteiger partial charge in [-0.3, -0.25) is 4.79 Å². The number of morpholine rings is 1. The van der Waals surface area contributed by atoms with Gasteiger partial charge in [-0.2, -0.15) is 0 Å². The zero-order valence-electron chi connectivity index (χ0n) is 7.29. The Morgan fingerprint density at radius 1 is 1.67 bits per heavy atom. The van der Waals surface area contributed by atoms with E-state index < -0.39 is 6.04 Å². The summed E-state index contributed by atoms with van der Waals surface area (Å²) < 4.78 is 4.67. The van der Waals surface area contributed by atoms with Crippen molar-refractivity contribution in [1.29, 1.82) is 0 Å². The van der Waals surface area contributed by atoms with Crippen LogP contribution in [0.5, 0.6) is 0 Å². The summed E-state index contributed by atoms with van der Waals surface area (Å²) in [5, 5.41) is 2.60. The van der Waals surface area contributed by atoms with E-state index in [4.69, 9.17) is 0 Å². The highest BCUT2D eigenvalue weighted by Crippen LogP contribution is 2.11. The quantitative estimate of drug-likeness (QED) is 0.598. The van der Waals surface area contributed by atoms with Gasteiger partial charge in [0.1, 0.15) is 6.04 Å². The van der Waals surface area contributed by atoms with E-state index in [0.29, 0.717) is 0 Å². The third kappa shape index (κ3) is 1.75. The molecule has 0 bridgehead atoms. The largest absolute Gasteiger partial charge is 0.454 e. The predicted molar refractivity (Wildman–Crippen MR) is 42.3 cm³/mol. The minimum absolute atomic E-state index is 0.133. The van der Waals surface area contributed by atoms with Gasteiger partial charge in [0.25, 0.3) is 5.91 Å². The van der Waals surface area contributed by atoms with E-state index in [0.717, 1.165) is 6.42 Å². The van der Waals surface area contributed by atoms with Crippen molar-refractivity contribution < 1.29 is 14.3 Å². The number of hydrogen-bond donors (Lipinski definition) is 1. The molecule has 0 aromatic rings. The molecule has 1 saturated heterocycles. The number of carbonyl (C=O) groups is 2. The van der Waals surface area contributed by atoms with Crippen LogP contribution in [0.15, 0.2) is 0 Å². The monoisotopic (exact) mass is 171 g/mol. The topological polar surface area (TPSA) is 55.4 Å². The first-order valence-electron chi connectivity index (χ1n) is 4.11. The summed E-state index contributed by atoms with van der Waals surface area (Å²) >= 11 is 0. The molecule has 2 atom stereocenters. The van der Waals surface area contributed by atoms with Gasteiger partial charge in [0.05, 0.1) is 0 Å². The van der Waals surface area contributed by atoms with E-state index in [2.05, 4.69) is 10.1 Å². The molecule has 4 heteroatoms. The average molecular weight is 171 g/mol. The Morgan fingerprint density at radius 3 is 2.92 bits per heavy atom. The normalized spacial score (nSPS) is 26.0. The Bertz CT molecular complexity index is 202. The Kier molecular flexibility index (Phi) is 2.68. The van der Waals surface area contributed by atoms with Crippen LogP contribution in [0.2, 0.25) is 0 Å². The number of cyclic esters (lactones) is 1. The summed E-state index contributed by atoms with van der Waals surface area (Å²) in [6.07, 6.45) is 0.847. The summed E-state index contributed by atoms with van der Waals surface area (Å²) in [6.45, 7) is 3.75. The maximum Gasteiger partial charge on any atom is 0.329 e. The van der Waals surface area contributed by atoms with Gasteiger partial charge in [0, 0.05) is 0 Å². The molecule has 12 heavy (non-hydrogen) atoms. The third-order valence-electron chi connectivity index (χ3n) is 2.13. The number of rotatable bonds is 2. The standard InChI is InChI=1S/C8H13NO3/c1-3-5(2)7-8(11)12-4-6(10)9-7/h5,7H,3-4H2,1-2H3,(H,9,10)/t5-,7?/m0/s1. The molecule has 1 N–H and O–H groups in total. The minimum atomic E-state index is -0.448. The number of amides is 1. The fourth-order valence-corrected chi connectivity index (χ4v) is 1.11. The molecule has 1 rings (SSSR count). The van der Waals surface area contributed by atoms with Crippen molar-refractivity contribution in [2.45, 2.75) is 26.3 Å². The molecule has 0 spiro atoms. The van der Waals surface area contributed by atoms with Crippen molar-refractivity contribution in [3.8, 4) is 0 Å². The molecule has 0 aromatic carbocycles. The van der Waals surface area contributed by atoms with E-state index in [1.165, 1.54) is 0 Å². The van der Waals surface area contributed by atoms with Crippen molar-refractivity contribution in [3.63, 3.8) is 0 Å². The lowest BCUT2D eigenvalue weighted by Crippen LogP contribution is -2.52. The number of ether oxygens (including phenoxy) is 1. The van der Waals surface area contributed by atoms with E-state index in [-0.39, 0.29) is 24.4 Å². The molecular formula is C8H13NO3. The molecule has 1 unspecified atom stereocenters. The van der Waals surface area contributed by atoms with Gasteiger partial charge >= 0.3 is 5.97 Å². The van der Waals surface area contributed by atoms with Crippen LogP contribution in [0.25, 0.3) is 0 Å². The lowest BCUT2D eigenvalue weighted by molar-refractivity contribution is -0.158. The zero-order chi connectivity index (χ0) is 9.14. The molecule has 1 heterocycles. The molecule has 0 saturated carbocycles. The summed E-state index contributed by atoms with van der Waals surface area (Å²) in [4.78, 5) is 22.0. The summed E-state index contributed by atoms with van der Waals surface area (Å²) in [5.74, 6) is -0.384. The molecule has 1 amide bonds. The van der Waals surface area contributed by atoms with Crippen LogP contribution >= 0.6 is 0 Å². The Morgan fingerprint density at radius 2 is 2.33 bits per heavy atom. The maximum atomic E-state index is 11.1. The van der Waals surface area contributed by atoms with Crippen molar-refractivity contribution in [1.82, 2.24) is 5.32 Å². The smallest absolute Gasteiger partial charge is 0.329 e. The van der Waals surface area contributed by atoms with Crippen molar-refractivity contribution >= 4 is 11.9 Å². The first-order valence-corrected chi connectivity index (χ1v) is 4.11. The van der Waals surface area contributed by atoms with Gasteiger partial charge in [-0.25, -0.2) is 4.79 Å². The van der Waals surface area contributed by atoms with Crippen molar-refractivity contribution in [3.05, 3.63) is 0 Å². The zero-order valence-corrected chi connectivity index (χ0v) is 7.29. The van der Waals surface area contributed by atoms with Crippen LogP contribution < -0.4 is 5.32 Å². The van der Waals surface area contributed by atoms with Gasteiger partial charge < -0.3 is 10.1 Å². The van der Waals surface area contributed by atoms with Crippen molar-refractivity contribution in [2.75, 3.05) is 6.61 Å². The third-order valence-corrected chi connectivity index (χ3v) is 2.13. The second-order valence-corrected chi connectivity index (χ2v) is 3.04. The molecule has 0 radical (unpaired) electrons. The molecule has 0 aromatic heterocycles. The molecular weight excluding hydrogens is 158 g/mol. The molecule has 4 nitrogen and oxygen atoms in total. The highest BCUT2D eigenvalue weighted by molar-refractivity contribution is 5.90. The Hall–Kier alpha value is -1.06. The molecule has 0 aliphatic carbocycles. The minimum Gasteiger partial charge on any atom is -0.454 e. The van der Waals surface area contributed by atoms with E-state index in [9.17, 15) is 9.59 Å². The van der Waals surface area contributed by atoms with Crippen LogP contribution in [-0.2, 0) is 14.3 Å². The molecule has 1 aliphatic heterocycles. The fraction of sp³-hybridized carbons (Fsp3) is 0.750. The van der Waals surface area contributed by atoms with Crippen LogP contribution in [0.3, 0.4) is 0 Å².